The molecule has 0 spiro atoms. The van der Waals surface area contributed by atoms with E-state index in [1.165, 1.54) is 6.08 Å². The average Bonchev–Trinajstić information content (AvgIpc) is 3.24. The molecule has 3 rings (SSSR count). The Labute approximate surface area is 240 Å². The van der Waals surface area contributed by atoms with Gasteiger partial charge in [0.1, 0.15) is 6.17 Å². The molecule has 1 aliphatic carbocycles. The van der Waals surface area contributed by atoms with Crippen LogP contribution in [0.2, 0.25) is 0 Å². The van der Waals surface area contributed by atoms with Crippen molar-refractivity contribution in [2.45, 2.75) is 141 Å². The highest BCUT2D eigenvalue weighted by molar-refractivity contribution is 5.66. The Hall–Kier alpha value is -1.32. The molecule has 40 heavy (non-hydrogen) atoms. The lowest BCUT2D eigenvalue weighted by Crippen LogP contribution is -2.37. The van der Waals surface area contributed by atoms with E-state index >= 15 is 4.39 Å². The minimum atomic E-state index is -1.38. The summed E-state index contributed by atoms with van der Waals surface area (Å²) in [7, 11) is 0. The molecule has 0 bridgehead atoms. The summed E-state index contributed by atoms with van der Waals surface area (Å²) in [4.78, 5) is 10.8. The largest absolute Gasteiger partial charge is 0.481 e. The van der Waals surface area contributed by atoms with E-state index in [-0.39, 0.29) is 42.5 Å². The highest BCUT2D eigenvalue weighted by Gasteiger charge is 2.47. The third-order valence-corrected chi connectivity index (χ3v) is 8.59. The Morgan fingerprint density at radius 2 is 1.77 bits per heavy atom. The number of carboxylic acids is 1. The standard InChI is InChI=1S/C32H53FO7/c1-4-5-19-32(2,3)27(40-30-16-10-12-21-38-30)18-17-23-26(39-29-15-9-11-20-37-29)22-25(34)31(23)24(33)13-7-6-8-14-28(35)36/h7,13,17-18,23-27,29-31,34H,4-6,8-12,14-16,19-22H2,1-3H3,(H,35,36)/b13-7-,18-17+/t23-,24?,25?,26+,27+,29?,30?,31-/m0/s1. The molecule has 230 valence electrons. The predicted octanol–water partition coefficient (Wildman–Crippen LogP) is 6.73. The Bertz CT molecular complexity index is 788. The first-order valence-corrected chi connectivity index (χ1v) is 15.6. The number of hydrogen-bond acceptors (Lipinski definition) is 6. The number of allylic oxidation sites excluding steroid dienone is 2. The molecule has 0 aromatic carbocycles. The number of halogens is 1. The fourth-order valence-corrected chi connectivity index (χ4v) is 6.09. The van der Waals surface area contributed by atoms with E-state index in [9.17, 15) is 9.90 Å². The van der Waals surface area contributed by atoms with Crippen LogP contribution in [0.15, 0.2) is 24.3 Å². The van der Waals surface area contributed by atoms with Gasteiger partial charge in [0.25, 0.3) is 0 Å². The molecule has 3 fully saturated rings. The summed E-state index contributed by atoms with van der Waals surface area (Å²) >= 11 is 0. The van der Waals surface area contributed by atoms with Gasteiger partial charge in [-0.15, -0.1) is 0 Å². The first-order chi connectivity index (χ1) is 19.2. The lowest BCUT2D eigenvalue weighted by Gasteiger charge is -2.37. The number of hydrogen-bond donors (Lipinski definition) is 2. The van der Waals surface area contributed by atoms with E-state index in [0.717, 1.165) is 57.8 Å². The Balaban J connectivity index is 1.80. The molecule has 0 aromatic heterocycles. The molecule has 2 N–H and O–H groups in total. The number of aliphatic hydroxyl groups excluding tert-OH is 1. The molecule has 2 heterocycles. The molecule has 2 aliphatic heterocycles. The number of aliphatic hydroxyl groups is 1. The molecule has 8 atom stereocenters. The molecule has 2 saturated heterocycles. The number of ether oxygens (including phenoxy) is 4. The number of rotatable bonds is 16. The summed E-state index contributed by atoms with van der Waals surface area (Å²) in [5.74, 6) is -1.89. The summed E-state index contributed by atoms with van der Waals surface area (Å²) in [6.07, 6.45) is 14.1. The van der Waals surface area contributed by atoms with Crippen molar-refractivity contribution in [1.29, 1.82) is 0 Å². The lowest BCUT2D eigenvalue weighted by molar-refractivity contribution is -0.198. The van der Waals surface area contributed by atoms with Crippen LogP contribution in [0.4, 0.5) is 4.39 Å². The number of alkyl halides is 1. The van der Waals surface area contributed by atoms with Crippen molar-refractivity contribution in [3.05, 3.63) is 24.3 Å². The van der Waals surface area contributed by atoms with E-state index < -0.39 is 24.2 Å². The van der Waals surface area contributed by atoms with Gasteiger partial charge in [-0.25, -0.2) is 4.39 Å². The van der Waals surface area contributed by atoms with Crippen molar-refractivity contribution >= 4 is 5.97 Å². The van der Waals surface area contributed by atoms with Crippen LogP contribution in [0.25, 0.3) is 0 Å². The summed E-state index contributed by atoms with van der Waals surface area (Å²) < 4.78 is 40.4. The van der Waals surface area contributed by atoms with E-state index in [4.69, 9.17) is 24.1 Å². The molecule has 0 amide bonds. The monoisotopic (exact) mass is 568 g/mol. The van der Waals surface area contributed by atoms with Crippen LogP contribution in [0, 0.1) is 17.3 Å². The highest BCUT2D eigenvalue weighted by atomic mass is 19.1. The normalized spacial score (nSPS) is 31.6. The second-order valence-electron chi connectivity index (χ2n) is 12.4. The summed E-state index contributed by atoms with van der Waals surface area (Å²) in [5.41, 5.74) is -0.151. The highest BCUT2D eigenvalue weighted by Crippen LogP contribution is 2.42. The van der Waals surface area contributed by atoms with Crippen LogP contribution in [-0.4, -0.2) is 66.5 Å². The van der Waals surface area contributed by atoms with Crippen LogP contribution >= 0.6 is 0 Å². The second kappa shape index (κ2) is 17.0. The van der Waals surface area contributed by atoms with Gasteiger partial charge in [-0.05, 0) is 63.2 Å². The first kappa shape index (κ1) is 33.2. The van der Waals surface area contributed by atoms with Crippen molar-refractivity contribution in [2.75, 3.05) is 13.2 Å². The smallest absolute Gasteiger partial charge is 0.303 e. The first-order valence-electron chi connectivity index (χ1n) is 15.6. The lowest BCUT2D eigenvalue weighted by atomic mass is 9.80. The third-order valence-electron chi connectivity index (χ3n) is 8.59. The number of carboxylic acid groups (broad SMARTS) is 1. The van der Waals surface area contributed by atoms with Crippen LogP contribution in [0.3, 0.4) is 0 Å². The van der Waals surface area contributed by atoms with Gasteiger partial charge in [-0.3, -0.25) is 4.79 Å². The number of aliphatic carboxylic acids is 1. The van der Waals surface area contributed by atoms with Gasteiger partial charge < -0.3 is 29.2 Å². The Morgan fingerprint density at radius 3 is 2.40 bits per heavy atom. The van der Waals surface area contributed by atoms with Crippen molar-refractivity contribution in [2.24, 2.45) is 17.3 Å². The fourth-order valence-electron chi connectivity index (χ4n) is 6.09. The van der Waals surface area contributed by atoms with Crippen molar-refractivity contribution in [1.82, 2.24) is 0 Å². The maximum Gasteiger partial charge on any atom is 0.303 e. The van der Waals surface area contributed by atoms with E-state index in [0.29, 0.717) is 32.5 Å². The predicted molar refractivity (Wildman–Crippen MR) is 153 cm³/mol. The van der Waals surface area contributed by atoms with Gasteiger partial charge in [0.2, 0.25) is 0 Å². The minimum Gasteiger partial charge on any atom is -0.481 e. The number of unbranched alkanes of at least 4 members (excludes halogenated alkanes) is 2. The zero-order chi connectivity index (χ0) is 29.0. The molecular weight excluding hydrogens is 515 g/mol. The molecule has 0 aromatic rings. The van der Waals surface area contributed by atoms with Crippen LogP contribution in [0.5, 0.6) is 0 Å². The maximum absolute atomic E-state index is 15.7. The zero-order valence-corrected chi connectivity index (χ0v) is 24.8. The molecule has 1 saturated carbocycles. The van der Waals surface area contributed by atoms with Gasteiger partial charge >= 0.3 is 5.97 Å². The molecule has 3 aliphatic rings. The average molecular weight is 569 g/mol. The number of carbonyl (C=O) groups is 1. The van der Waals surface area contributed by atoms with Crippen LogP contribution < -0.4 is 0 Å². The molecule has 4 unspecified atom stereocenters. The summed E-state index contributed by atoms with van der Waals surface area (Å²) in [5, 5.41) is 19.9. The molecule has 8 heteroatoms. The van der Waals surface area contributed by atoms with Crippen LogP contribution in [-0.2, 0) is 23.7 Å². The zero-order valence-electron chi connectivity index (χ0n) is 24.8. The van der Waals surface area contributed by atoms with Crippen molar-refractivity contribution in [3.8, 4) is 0 Å². The topological polar surface area (TPSA) is 94.5 Å². The van der Waals surface area contributed by atoms with Crippen molar-refractivity contribution < 1.29 is 38.3 Å². The quantitative estimate of drug-likeness (QED) is 0.157. The molecular formula is C32H53FO7. The summed E-state index contributed by atoms with van der Waals surface area (Å²) in [6, 6.07) is 0. The molecule has 0 radical (unpaired) electrons. The second-order valence-corrected chi connectivity index (χ2v) is 12.4. The third kappa shape index (κ3) is 10.5. The van der Waals surface area contributed by atoms with E-state index in [1.54, 1.807) is 6.08 Å². The van der Waals surface area contributed by atoms with Crippen molar-refractivity contribution in [3.63, 3.8) is 0 Å². The molecule has 7 nitrogen and oxygen atoms in total. The minimum absolute atomic E-state index is 0.0515. The Morgan fingerprint density at radius 1 is 1.07 bits per heavy atom. The van der Waals surface area contributed by atoms with Gasteiger partial charge in [0.15, 0.2) is 12.6 Å². The van der Waals surface area contributed by atoms with E-state index in [1.807, 2.05) is 6.08 Å². The SMILES string of the molecule is CCCCC(C)(C)[C@@H](/C=C/[C@@H]1[C@@H](C(F)/C=C\CCCC(=O)O)C(O)C[C@H]1OC1CCCCO1)OC1CCCCO1. The van der Waals surface area contributed by atoms with Crippen LogP contribution in [0.1, 0.15) is 104 Å². The fraction of sp³-hybridized carbons (Fsp3) is 0.844. The van der Waals surface area contributed by atoms with Gasteiger partial charge in [-0.2, -0.15) is 0 Å². The Kier molecular flexibility index (Phi) is 14.1. The summed E-state index contributed by atoms with van der Waals surface area (Å²) in [6.45, 7) is 7.96. The van der Waals surface area contributed by atoms with Gasteiger partial charge in [0.05, 0.1) is 18.3 Å². The van der Waals surface area contributed by atoms with Gasteiger partial charge in [-0.1, -0.05) is 57.9 Å². The van der Waals surface area contributed by atoms with Gasteiger partial charge in [0, 0.05) is 37.9 Å². The van der Waals surface area contributed by atoms with E-state index in [2.05, 4.69) is 26.8 Å². The maximum atomic E-state index is 15.7.